The van der Waals surface area contributed by atoms with Crippen LogP contribution in [0.3, 0.4) is 0 Å². The lowest BCUT2D eigenvalue weighted by molar-refractivity contribution is 0.0751. The maximum Gasteiger partial charge on any atom is 0.255 e. The van der Waals surface area contributed by atoms with E-state index in [1.807, 2.05) is 41.3 Å². The number of amides is 1. The van der Waals surface area contributed by atoms with Crippen LogP contribution in [0, 0.1) is 0 Å². The van der Waals surface area contributed by atoms with Crippen LogP contribution in [-0.2, 0) is 6.42 Å². The first-order chi connectivity index (χ1) is 15.3. The Hall–Kier alpha value is -3.92. The number of nitrogens with zero attached hydrogens (tertiary/aromatic N) is 2. The molecule has 4 heteroatoms. The van der Waals surface area contributed by atoms with Gasteiger partial charge in [-0.3, -0.25) is 9.78 Å². The number of rotatable bonds is 4. The van der Waals surface area contributed by atoms with Crippen molar-refractivity contribution < 1.29 is 9.21 Å². The molecule has 4 nitrogen and oxygen atoms in total. The number of pyridine rings is 1. The molecule has 1 aliphatic heterocycles. The van der Waals surface area contributed by atoms with E-state index in [0.29, 0.717) is 13.0 Å². The fraction of sp³-hybridized carbons (Fsp3) is 0.111. The molecule has 5 aromatic rings. The second-order valence-electron chi connectivity index (χ2n) is 7.99. The molecule has 1 atom stereocenters. The molecule has 0 spiro atoms. The molecule has 0 saturated carbocycles. The minimum atomic E-state index is -0.108. The Kier molecular flexibility index (Phi) is 4.10. The number of aromatic nitrogens is 1. The average Bonchev–Trinajstić information content (AvgIpc) is 3.39. The van der Waals surface area contributed by atoms with Gasteiger partial charge >= 0.3 is 0 Å². The quantitative estimate of drug-likeness (QED) is 0.382. The third-order valence-electron chi connectivity index (χ3n) is 6.14. The van der Waals surface area contributed by atoms with E-state index in [9.17, 15) is 4.79 Å². The second kappa shape index (κ2) is 7.10. The molecule has 0 fully saturated rings. The van der Waals surface area contributed by atoms with Crippen molar-refractivity contribution in [2.75, 3.05) is 6.54 Å². The molecule has 0 radical (unpaired) electrons. The zero-order chi connectivity index (χ0) is 20.8. The molecule has 31 heavy (non-hydrogen) atoms. The van der Waals surface area contributed by atoms with Crippen LogP contribution >= 0.6 is 0 Å². The van der Waals surface area contributed by atoms with Crippen molar-refractivity contribution in [3.05, 3.63) is 114 Å². The summed E-state index contributed by atoms with van der Waals surface area (Å²) in [6, 6.07) is 26.4. The first kappa shape index (κ1) is 17.9. The van der Waals surface area contributed by atoms with Gasteiger partial charge in [-0.25, -0.2) is 0 Å². The fourth-order valence-electron chi connectivity index (χ4n) is 4.60. The van der Waals surface area contributed by atoms with Gasteiger partial charge in [-0.1, -0.05) is 54.6 Å². The van der Waals surface area contributed by atoms with Crippen LogP contribution in [0.4, 0.5) is 0 Å². The maximum absolute atomic E-state index is 13.3. The predicted octanol–water partition coefficient (Wildman–Crippen LogP) is 5.77. The van der Waals surface area contributed by atoms with Crippen LogP contribution in [-0.4, -0.2) is 22.3 Å². The molecular formula is C27H20N2O2. The molecule has 0 saturated heterocycles. The van der Waals surface area contributed by atoms with Crippen molar-refractivity contribution in [1.82, 2.24) is 9.88 Å². The van der Waals surface area contributed by atoms with Crippen molar-refractivity contribution >= 4 is 27.6 Å². The van der Waals surface area contributed by atoms with E-state index in [-0.39, 0.29) is 11.9 Å². The van der Waals surface area contributed by atoms with Crippen LogP contribution in [0.1, 0.15) is 33.2 Å². The smallest absolute Gasteiger partial charge is 0.255 e. The Balaban J connectivity index is 1.36. The number of carbonyl (C=O) groups is 1. The molecule has 3 aromatic carbocycles. The lowest BCUT2D eigenvalue weighted by atomic mass is 9.96. The molecule has 1 unspecified atom stereocenters. The molecule has 3 heterocycles. The Morgan fingerprint density at radius 2 is 1.65 bits per heavy atom. The van der Waals surface area contributed by atoms with Crippen LogP contribution in [0.15, 0.2) is 95.8 Å². The number of hydrogen-bond acceptors (Lipinski definition) is 3. The first-order valence-electron chi connectivity index (χ1n) is 10.5. The molecule has 1 aliphatic rings. The van der Waals surface area contributed by atoms with E-state index in [2.05, 4.69) is 42.5 Å². The average molecular weight is 404 g/mol. The van der Waals surface area contributed by atoms with E-state index < -0.39 is 0 Å². The van der Waals surface area contributed by atoms with Crippen molar-refractivity contribution in [2.45, 2.75) is 12.5 Å². The Morgan fingerprint density at radius 3 is 2.61 bits per heavy atom. The minimum Gasteiger partial charge on any atom is -0.471 e. The van der Waals surface area contributed by atoms with Gasteiger partial charge in [0.25, 0.3) is 5.91 Å². The Morgan fingerprint density at radius 1 is 0.839 bits per heavy atom. The predicted molar refractivity (Wildman–Crippen MR) is 121 cm³/mol. The third-order valence-corrected chi connectivity index (χ3v) is 6.14. The van der Waals surface area contributed by atoms with E-state index in [1.165, 1.54) is 0 Å². The van der Waals surface area contributed by atoms with Gasteiger partial charge in [0.1, 0.15) is 0 Å². The Bertz CT molecular complexity index is 1440. The number of hydrogen-bond donors (Lipinski definition) is 0. The largest absolute Gasteiger partial charge is 0.471 e. The van der Waals surface area contributed by atoms with Crippen molar-refractivity contribution in [1.29, 1.82) is 0 Å². The highest BCUT2D eigenvalue weighted by molar-refractivity contribution is 6.00. The van der Waals surface area contributed by atoms with Crippen molar-refractivity contribution in [3.8, 4) is 0 Å². The highest BCUT2D eigenvalue weighted by Crippen LogP contribution is 2.39. The number of benzene rings is 3. The van der Waals surface area contributed by atoms with Gasteiger partial charge in [-0.05, 0) is 35.4 Å². The number of para-hydroxylation sites is 1. The van der Waals surface area contributed by atoms with Crippen molar-refractivity contribution in [3.63, 3.8) is 0 Å². The van der Waals surface area contributed by atoms with Crippen LogP contribution in [0.25, 0.3) is 21.7 Å². The Labute approximate surface area is 179 Å². The fourth-order valence-corrected chi connectivity index (χ4v) is 4.60. The zero-order valence-corrected chi connectivity index (χ0v) is 16.9. The van der Waals surface area contributed by atoms with E-state index in [1.54, 1.807) is 12.5 Å². The van der Waals surface area contributed by atoms with Gasteiger partial charge in [-0.2, -0.15) is 0 Å². The van der Waals surface area contributed by atoms with E-state index in [0.717, 1.165) is 44.1 Å². The first-order valence-corrected chi connectivity index (χ1v) is 10.5. The summed E-state index contributed by atoms with van der Waals surface area (Å²) in [6.45, 7) is 0.604. The highest BCUT2D eigenvalue weighted by Gasteiger charge is 2.37. The molecule has 1 amide bonds. The molecular weight excluding hydrogens is 384 g/mol. The highest BCUT2D eigenvalue weighted by atomic mass is 16.3. The van der Waals surface area contributed by atoms with Crippen LogP contribution in [0.2, 0.25) is 0 Å². The van der Waals surface area contributed by atoms with Gasteiger partial charge in [-0.15, -0.1) is 0 Å². The summed E-state index contributed by atoms with van der Waals surface area (Å²) in [6.07, 6.45) is 4.20. The normalized spacial score (nSPS) is 15.7. The molecule has 2 aromatic heterocycles. The lowest BCUT2D eigenvalue weighted by Gasteiger charge is -2.26. The van der Waals surface area contributed by atoms with Crippen LogP contribution in [0.5, 0.6) is 0 Å². The summed E-state index contributed by atoms with van der Waals surface area (Å²) in [7, 11) is 0. The van der Waals surface area contributed by atoms with E-state index in [4.69, 9.17) is 9.40 Å². The second-order valence-corrected chi connectivity index (χ2v) is 7.99. The summed E-state index contributed by atoms with van der Waals surface area (Å²) in [5.74, 6) is 0.0775. The number of furan rings is 1. The summed E-state index contributed by atoms with van der Waals surface area (Å²) in [4.78, 5) is 20.1. The molecule has 6 rings (SSSR count). The lowest BCUT2D eigenvalue weighted by Crippen LogP contribution is -2.31. The van der Waals surface area contributed by atoms with Gasteiger partial charge < -0.3 is 9.32 Å². The molecule has 0 N–H and O–H groups in total. The van der Waals surface area contributed by atoms with Gasteiger partial charge in [0, 0.05) is 40.4 Å². The summed E-state index contributed by atoms with van der Waals surface area (Å²) in [5.41, 5.74) is 4.91. The molecule has 0 aliphatic carbocycles. The van der Waals surface area contributed by atoms with Gasteiger partial charge in [0.15, 0.2) is 0 Å². The SMILES string of the molecule is O=C1c2ccccc2C(c2ccc3cocc3c2)N1CCc1ccc2ccccc2n1. The standard InChI is InChI=1S/C27H20N2O2/c30-27-24-7-3-2-6-23(24)26(19-9-10-20-16-31-17-21(20)15-19)29(27)14-13-22-12-11-18-5-1-4-8-25(18)28-22/h1-12,15-17,26H,13-14H2. The van der Waals surface area contributed by atoms with Crippen molar-refractivity contribution in [2.24, 2.45) is 0 Å². The van der Waals surface area contributed by atoms with Gasteiger partial charge in [0.05, 0.1) is 24.1 Å². The van der Waals surface area contributed by atoms with Gasteiger partial charge in [0.2, 0.25) is 0 Å². The summed E-state index contributed by atoms with van der Waals surface area (Å²) >= 11 is 0. The minimum absolute atomic E-state index is 0.0775. The summed E-state index contributed by atoms with van der Waals surface area (Å²) < 4.78 is 5.35. The topological polar surface area (TPSA) is 46.3 Å². The number of fused-ring (bicyclic) bond motifs is 3. The maximum atomic E-state index is 13.3. The molecule has 150 valence electrons. The monoisotopic (exact) mass is 404 g/mol. The summed E-state index contributed by atoms with van der Waals surface area (Å²) in [5, 5.41) is 3.24. The van der Waals surface area contributed by atoms with Crippen LogP contribution < -0.4 is 0 Å². The van der Waals surface area contributed by atoms with E-state index >= 15 is 0 Å². The third kappa shape index (κ3) is 2.99. The zero-order valence-electron chi connectivity index (χ0n) is 16.9. The number of carbonyl (C=O) groups excluding carboxylic acids is 1. The molecule has 0 bridgehead atoms.